The van der Waals surface area contributed by atoms with Crippen LogP contribution in [0.3, 0.4) is 0 Å². The van der Waals surface area contributed by atoms with Gasteiger partial charge in [0.05, 0.1) is 31.6 Å². The zero-order valence-electron chi connectivity index (χ0n) is 16.5. The summed E-state index contributed by atoms with van der Waals surface area (Å²) in [5.74, 6) is 2.55. The van der Waals surface area contributed by atoms with Gasteiger partial charge in [-0.25, -0.2) is 19.2 Å². The molecular formula is C18H25N7O2S. The summed E-state index contributed by atoms with van der Waals surface area (Å²) in [5.41, 5.74) is 1.82. The Bertz CT molecular complexity index is 1010. The van der Waals surface area contributed by atoms with E-state index in [4.69, 9.17) is 9.72 Å². The maximum absolute atomic E-state index is 12.3. The van der Waals surface area contributed by atoms with Gasteiger partial charge in [-0.15, -0.1) is 0 Å². The van der Waals surface area contributed by atoms with Crippen molar-refractivity contribution in [3.63, 3.8) is 0 Å². The van der Waals surface area contributed by atoms with Crippen LogP contribution in [0.25, 0.3) is 11.4 Å². The Morgan fingerprint density at radius 2 is 2.18 bits per heavy atom. The number of anilines is 3. The van der Waals surface area contributed by atoms with Crippen LogP contribution in [0, 0.1) is 0 Å². The van der Waals surface area contributed by atoms with Crippen LogP contribution in [0.5, 0.6) is 0 Å². The molecule has 4 rings (SSSR count). The first kappa shape index (κ1) is 18.9. The van der Waals surface area contributed by atoms with Crippen molar-refractivity contribution in [3.05, 3.63) is 18.3 Å². The van der Waals surface area contributed by atoms with Crippen molar-refractivity contribution in [3.8, 4) is 11.4 Å². The number of aromatic nitrogens is 3. The van der Waals surface area contributed by atoms with Crippen molar-refractivity contribution in [2.75, 3.05) is 61.1 Å². The Labute approximate surface area is 165 Å². The zero-order valence-corrected chi connectivity index (χ0v) is 17.4. The lowest BCUT2D eigenvalue weighted by Gasteiger charge is -2.34. The first-order chi connectivity index (χ1) is 13.3. The lowest BCUT2D eigenvalue weighted by Crippen LogP contribution is -2.44. The fraction of sp³-hybridized carbons (Fsp3) is 0.500. The third-order valence-electron chi connectivity index (χ3n) is 4.70. The molecule has 2 aliphatic rings. The molecule has 4 heterocycles. The summed E-state index contributed by atoms with van der Waals surface area (Å²) in [6.45, 7) is 4.80. The molecule has 2 aliphatic heterocycles. The van der Waals surface area contributed by atoms with Crippen LogP contribution >= 0.6 is 0 Å². The smallest absolute Gasteiger partial charge is 0.167 e. The number of rotatable bonds is 3. The van der Waals surface area contributed by atoms with Crippen molar-refractivity contribution >= 4 is 32.9 Å². The summed E-state index contributed by atoms with van der Waals surface area (Å²) < 4.78 is 22.2. The second kappa shape index (κ2) is 7.17. The SMILES string of the molecule is C[C@@H]1COCCN1c1cc(N=S(C)(C)=O)nc(-c2ccnc3c2N(C)CN3)n1. The Kier molecular flexibility index (Phi) is 4.84. The molecule has 1 saturated heterocycles. The highest BCUT2D eigenvalue weighted by atomic mass is 32.2. The average molecular weight is 404 g/mol. The lowest BCUT2D eigenvalue weighted by molar-refractivity contribution is 0.0985. The number of fused-ring (bicyclic) bond motifs is 1. The monoisotopic (exact) mass is 403 g/mol. The first-order valence-corrected chi connectivity index (χ1v) is 11.5. The van der Waals surface area contributed by atoms with E-state index < -0.39 is 9.73 Å². The standard InChI is InChI=1S/C18H25N7O2S/c1-12-10-27-8-7-25(12)15-9-14(23-28(3,4)26)21-17(22-15)13-5-6-19-18-16(13)24(2)11-20-18/h5-6,9,12H,7-8,10-11H2,1-4H3,(H,19,20)/t12-/m1/s1. The molecule has 0 aromatic carbocycles. The van der Waals surface area contributed by atoms with Crippen LogP contribution in [0.15, 0.2) is 22.7 Å². The van der Waals surface area contributed by atoms with Gasteiger partial charge in [0.25, 0.3) is 0 Å². The molecule has 0 spiro atoms. The van der Waals surface area contributed by atoms with Gasteiger partial charge in [-0.2, -0.15) is 4.36 Å². The molecule has 10 heteroatoms. The largest absolute Gasteiger partial charge is 0.377 e. The van der Waals surface area contributed by atoms with Crippen molar-refractivity contribution in [2.24, 2.45) is 4.36 Å². The molecule has 150 valence electrons. The summed E-state index contributed by atoms with van der Waals surface area (Å²) in [6.07, 6.45) is 4.95. The Morgan fingerprint density at radius 1 is 1.36 bits per heavy atom. The second-order valence-electron chi connectivity index (χ2n) is 7.39. The van der Waals surface area contributed by atoms with Gasteiger partial charge in [-0.3, -0.25) is 0 Å². The van der Waals surface area contributed by atoms with Gasteiger partial charge < -0.3 is 19.9 Å². The van der Waals surface area contributed by atoms with Gasteiger partial charge in [0.15, 0.2) is 17.5 Å². The van der Waals surface area contributed by atoms with Crippen LogP contribution in [-0.2, 0) is 14.5 Å². The second-order valence-corrected chi connectivity index (χ2v) is 9.93. The molecule has 0 unspecified atom stereocenters. The van der Waals surface area contributed by atoms with Crippen molar-refractivity contribution in [1.82, 2.24) is 15.0 Å². The summed E-state index contributed by atoms with van der Waals surface area (Å²) in [4.78, 5) is 18.1. The van der Waals surface area contributed by atoms with Gasteiger partial charge in [0.1, 0.15) is 5.82 Å². The van der Waals surface area contributed by atoms with E-state index in [1.807, 2.05) is 13.1 Å². The molecule has 0 amide bonds. The minimum Gasteiger partial charge on any atom is -0.377 e. The fourth-order valence-electron chi connectivity index (χ4n) is 3.45. The van der Waals surface area contributed by atoms with Gasteiger partial charge in [-0.1, -0.05) is 0 Å². The minimum absolute atomic E-state index is 0.185. The predicted octanol–water partition coefficient (Wildman–Crippen LogP) is 1.94. The van der Waals surface area contributed by atoms with Crippen LogP contribution in [0.4, 0.5) is 23.1 Å². The molecule has 28 heavy (non-hydrogen) atoms. The molecule has 0 aliphatic carbocycles. The molecule has 1 fully saturated rings. The average Bonchev–Trinajstić information content (AvgIpc) is 3.02. The van der Waals surface area contributed by atoms with E-state index in [-0.39, 0.29) is 6.04 Å². The first-order valence-electron chi connectivity index (χ1n) is 9.17. The molecule has 2 aromatic heterocycles. The highest BCUT2D eigenvalue weighted by Crippen LogP contribution is 2.38. The van der Waals surface area contributed by atoms with Gasteiger partial charge in [0, 0.05) is 53.7 Å². The highest BCUT2D eigenvalue weighted by Gasteiger charge is 2.25. The van der Waals surface area contributed by atoms with E-state index in [1.54, 1.807) is 24.8 Å². The van der Waals surface area contributed by atoms with E-state index in [0.29, 0.717) is 31.5 Å². The van der Waals surface area contributed by atoms with Crippen LogP contribution in [0.1, 0.15) is 6.92 Å². The Morgan fingerprint density at radius 3 is 2.93 bits per heavy atom. The number of pyridine rings is 1. The van der Waals surface area contributed by atoms with E-state index in [1.165, 1.54) is 0 Å². The topological polar surface area (TPSA) is 95.8 Å². The maximum atomic E-state index is 12.3. The summed E-state index contributed by atoms with van der Waals surface area (Å²) in [7, 11) is -0.359. The van der Waals surface area contributed by atoms with Crippen molar-refractivity contribution < 1.29 is 8.95 Å². The minimum atomic E-state index is -2.35. The van der Waals surface area contributed by atoms with E-state index in [0.717, 1.165) is 29.4 Å². The van der Waals surface area contributed by atoms with Crippen LogP contribution < -0.4 is 15.1 Å². The molecule has 0 radical (unpaired) electrons. The number of nitrogens with zero attached hydrogens (tertiary/aromatic N) is 6. The molecule has 0 saturated carbocycles. The maximum Gasteiger partial charge on any atom is 0.167 e. The third-order valence-corrected chi connectivity index (χ3v) is 5.33. The van der Waals surface area contributed by atoms with Gasteiger partial charge >= 0.3 is 0 Å². The Hall–Kier alpha value is -2.46. The molecular weight excluding hydrogens is 378 g/mol. The summed E-state index contributed by atoms with van der Waals surface area (Å²) in [6, 6.07) is 3.90. The molecule has 2 aromatic rings. The molecule has 1 atom stereocenters. The van der Waals surface area contributed by atoms with E-state index in [9.17, 15) is 4.21 Å². The molecule has 9 nitrogen and oxygen atoms in total. The zero-order chi connectivity index (χ0) is 19.9. The Balaban J connectivity index is 1.88. The highest BCUT2D eigenvalue weighted by molar-refractivity contribution is 7.92. The number of ether oxygens (including phenoxy) is 1. The fourth-order valence-corrected chi connectivity index (χ4v) is 4.00. The normalized spacial score (nSPS) is 19.4. The van der Waals surface area contributed by atoms with Gasteiger partial charge in [0.2, 0.25) is 0 Å². The number of hydrogen-bond donors (Lipinski definition) is 1. The number of nitrogens with one attached hydrogen (secondary N) is 1. The predicted molar refractivity (Wildman–Crippen MR) is 112 cm³/mol. The molecule has 0 bridgehead atoms. The van der Waals surface area contributed by atoms with Crippen molar-refractivity contribution in [1.29, 1.82) is 0 Å². The third kappa shape index (κ3) is 3.74. The number of morpholine rings is 1. The quantitative estimate of drug-likeness (QED) is 0.831. The van der Waals surface area contributed by atoms with Gasteiger partial charge in [-0.05, 0) is 13.0 Å². The molecule has 1 N–H and O–H groups in total. The summed E-state index contributed by atoms with van der Waals surface area (Å²) in [5, 5.41) is 3.26. The lowest BCUT2D eigenvalue weighted by atomic mass is 10.2. The van der Waals surface area contributed by atoms with E-state index >= 15 is 0 Å². The van der Waals surface area contributed by atoms with Crippen LogP contribution in [-0.4, -0.2) is 71.2 Å². The number of hydrogen-bond acceptors (Lipinski definition) is 9. The summed E-state index contributed by atoms with van der Waals surface area (Å²) >= 11 is 0. The van der Waals surface area contributed by atoms with Crippen LogP contribution in [0.2, 0.25) is 0 Å². The van der Waals surface area contributed by atoms with E-state index in [2.05, 4.69) is 36.4 Å². The van der Waals surface area contributed by atoms with Crippen molar-refractivity contribution in [2.45, 2.75) is 13.0 Å².